The quantitative estimate of drug-likeness (QED) is 0.344. The molecule has 7 nitrogen and oxygen atoms in total. The van der Waals surface area contributed by atoms with Crippen molar-refractivity contribution in [2.45, 2.75) is 0 Å². The van der Waals surface area contributed by atoms with Gasteiger partial charge in [-0.15, -0.1) is 10.2 Å². The lowest BCUT2D eigenvalue weighted by Crippen LogP contribution is -2.22. The zero-order valence-corrected chi connectivity index (χ0v) is 14.2. The van der Waals surface area contributed by atoms with Gasteiger partial charge in [-0.25, -0.2) is 0 Å². The lowest BCUT2D eigenvalue weighted by atomic mass is 10.1. The fraction of sp³-hybridized carbons (Fsp3) is 0.0526. The Kier molecular flexibility index (Phi) is 6.82. The molecule has 2 aromatic rings. The van der Waals surface area contributed by atoms with Crippen LogP contribution in [0.1, 0.15) is 11.1 Å². The first-order valence-electron chi connectivity index (χ1n) is 7.89. The fourth-order valence-electron chi connectivity index (χ4n) is 2.09. The lowest BCUT2D eigenvalue weighted by Gasteiger charge is -2.04. The Balaban J connectivity index is 2.40. The summed E-state index contributed by atoms with van der Waals surface area (Å²) in [5, 5.41) is 15.2. The maximum absolute atomic E-state index is 7.39. The Morgan fingerprint density at radius 1 is 0.769 bits per heavy atom. The molecule has 0 saturated carbocycles. The van der Waals surface area contributed by atoms with E-state index in [0.717, 1.165) is 11.1 Å². The molecule has 0 aliphatic rings. The molecule has 0 atom stereocenters. The van der Waals surface area contributed by atoms with E-state index in [1.807, 2.05) is 60.7 Å². The molecule has 0 spiro atoms. The SMILES string of the molecule is N=C(N)CN=C(/C=C/C(=N\N=C(N)N)c1ccccc1)c1ccccc1. The number of guanidine groups is 1. The summed E-state index contributed by atoms with van der Waals surface area (Å²) in [5.41, 5.74) is 19.2. The number of hydrogen-bond acceptors (Lipinski definition) is 4. The van der Waals surface area contributed by atoms with E-state index in [-0.39, 0.29) is 18.3 Å². The Labute approximate surface area is 152 Å². The van der Waals surface area contributed by atoms with E-state index in [9.17, 15) is 0 Å². The van der Waals surface area contributed by atoms with Gasteiger partial charge in [0.2, 0.25) is 5.96 Å². The van der Waals surface area contributed by atoms with Crippen molar-refractivity contribution in [3.8, 4) is 0 Å². The summed E-state index contributed by atoms with van der Waals surface area (Å²) in [6.07, 6.45) is 3.57. The van der Waals surface area contributed by atoms with Gasteiger partial charge in [0.1, 0.15) is 5.84 Å². The van der Waals surface area contributed by atoms with Crippen LogP contribution in [0.3, 0.4) is 0 Å². The van der Waals surface area contributed by atoms with Crippen LogP contribution in [-0.2, 0) is 0 Å². The van der Waals surface area contributed by atoms with E-state index < -0.39 is 0 Å². The normalized spacial score (nSPS) is 12.2. The van der Waals surface area contributed by atoms with Crippen LogP contribution in [0.25, 0.3) is 0 Å². The number of nitrogens with one attached hydrogen (secondary N) is 1. The van der Waals surface area contributed by atoms with E-state index in [2.05, 4.69) is 15.2 Å². The number of nitrogens with two attached hydrogens (primary N) is 3. The van der Waals surface area contributed by atoms with Crippen molar-refractivity contribution in [3.05, 3.63) is 83.9 Å². The molecule has 26 heavy (non-hydrogen) atoms. The van der Waals surface area contributed by atoms with Gasteiger partial charge in [0, 0.05) is 5.56 Å². The number of amidine groups is 1. The maximum Gasteiger partial charge on any atom is 0.211 e. The number of rotatable bonds is 7. The molecular weight excluding hydrogens is 326 g/mol. The molecule has 0 fully saturated rings. The lowest BCUT2D eigenvalue weighted by molar-refractivity contribution is 1.20. The van der Waals surface area contributed by atoms with Crippen molar-refractivity contribution >= 4 is 23.2 Å². The topological polar surface area (TPSA) is 139 Å². The van der Waals surface area contributed by atoms with E-state index in [1.165, 1.54) is 0 Å². The predicted molar refractivity (Wildman–Crippen MR) is 108 cm³/mol. The number of aliphatic imine (C=N–C) groups is 1. The first-order valence-corrected chi connectivity index (χ1v) is 7.89. The van der Waals surface area contributed by atoms with Gasteiger partial charge in [0.15, 0.2) is 0 Å². The second-order valence-electron chi connectivity index (χ2n) is 5.30. The number of nitrogens with zero attached hydrogens (tertiary/aromatic N) is 3. The Morgan fingerprint density at radius 3 is 1.77 bits per heavy atom. The van der Waals surface area contributed by atoms with Crippen LogP contribution >= 0.6 is 0 Å². The third kappa shape index (κ3) is 6.04. The van der Waals surface area contributed by atoms with Crippen LogP contribution in [0.5, 0.6) is 0 Å². The van der Waals surface area contributed by atoms with Gasteiger partial charge in [0.25, 0.3) is 0 Å². The van der Waals surface area contributed by atoms with Crippen LogP contribution in [0.4, 0.5) is 0 Å². The van der Waals surface area contributed by atoms with Gasteiger partial charge in [-0.3, -0.25) is 10.4 Å². The van der Waals surface area contributed by atoms with E-state index in [0.29, 0.717) is 11.4 Å². The van der Waals surface area contributed by atoms with Crippen molar-refractivity contribution in [2.75, 3.05) is 6.54 Å². The van der Waals surface area contributed by atoms with Crippen LogP contribution in [0.2, 0.25) is 0 Å². The molecule has 0 amide bonds. The summed E-state index contributed by atoms with van der Waals surface area (Å²) in [4.78, 5) is 4.39. The van der Waals surface area contributed by atoms with Crippen molar-refractivity contribution in [3.63, 3.8) is 0 Å². The molecule has 0 saturated heterocycles. The molecule has 0 bridgehead atoms. The fourth-order valence-corrected chi connectivity index (χ4v) is 2.09. The van der Waals surface area contributed by atoms with Crippen molar-refractivity contribution in [1.29, 1.82) is 5.41 Å². The molecule has 2 rings (SSSR count). The Hall–Kier alpha value is -3.74. The Morgan fingerprint density at radius 2 is 1.27 bits per heavy atom. The highest BCUT2D eigenvalue weighted by Gasteiger charge is 2.03. The third-order valence-corrected chi connectivity index (χ3v) is 3.23. The van der Waals surface area contributed by atoms with Gasteiger partial charge >= 0.3 is 0 Å². The van der Waals surface area contributed by atoms with Gasteiger partial charge < -0.3 is 17.2 Å². The molecule has 7 heteroatoms. The molecule has 0 aliphatic heterocycles. The molecular formula is C19H21N7. The molecule has 0 heterocycles. The first kappa shape index (κ1) is 18.6. The monoisotopic (exact) mass is 347 g/mol. The molecule has 0 radical (unpaired) electrons. The second-order valence-corrected chi connectivity index (χ2v) is 5.30. The zero-order valence-electron chi connectivity index (χ0n) is 14.2. The van der Waals surface area contributed by atoms with E-state index in [4.69, 9.17) is 22.6 Å². The van der Waals surface area contributed by atoms with Crippen molar-refractivity contribution < 1.29 is 0 Å². The summed E-state index contributed by atoms with van der Waals surface area (Å²) in [7, 11) is 0. The van der Waals surface area contributed by atoms with Crippen LogP contribution < -0.4 is 17.2 Å². The summed E-state index contributed by atoms with van der Waals surface area (Å²) in [5.74, 6) is -0.135. The highest BCUT2D eigenvalue weighted by Crippen LogP contribution is 2.07. The zero-order chi connectivity index (χ0) is 18.8. The predicted octanol–water partition coefficient (Wildman–Crippen LogP) is 1.65. The minimum absolute atomic E-state index is 0.00992. The van der Waals surface area contributed by atoms with Gasteiger partial charge in [-0.2, -0.15) is 0 Å². The van der Waals surface area contributed by atoms with Crippen molar-refractivity contribution in [1.82, 2.24) is 0 Å². The number of benzene rings is 2. The van der Waals surface area contributed by atoms with Crippen molar-refractivity contribution in [2.24, 2.45) is 32.4 Å². The minimum Gasteiger partial charge on any atom is -0.386 e. The molecule has 0 aromatic heterocycles. The van der Waals surface area contributed by atoms with Gasteiger partial charge in [-0.05, 0) is 17.7 Å². The minimum atomic E-state index is -0.125. The number of hydrogen-bond donors (Lipinski definition) is 4. The highest BCUT2D eigenvalue weighted by atomic mass is 15.3. The highest BCUT2D eigenvalue weighted by molar-refractivity contribution is 6.16. The average Bonchev–Trinajstić information content (AvgIpc) is 2.65. The summed E-state index contributed by atoms with van der Waals surface area (Å²) in [6, 6.07) is 19.1. The summed E-state index contributed by atoms with van der Waals surface area (Å²) < 4.78 is 0. The average molecular weight is 347 g/mol. The van der Waals surface area contributed by atoms with E-state index in [1.54, 1.807) is 12.2 Å². The Bertz CT molecular complexity index is 846. The largest absolute Gasteiger partial charge is 0.386 e. The standard InChI is InChI=1S/C19H21N7/c20-18(21)13-24-16(14-7-3-1-4-8-14)11-12-17(25-26-19(22)23)15-9-5-2-6-10-15/h1-12H,13H2,(H3,20,21)(H4,22,23,26)/b12-11+,24-16?,25-17+. The molecule has 132 valence electrons. The number of allylic oxidation sites excluding steroid dienone is 2. The van der Waals surface area contributed by atoms with Crippen LogP contribution in [0, 0.1) is 5.41 Å². The summed E-state index contributed by atoms with van der Waals surface area (Å²) in [6.45, 7) is 0.111. The van der Waals surface area contributed by atoms with E-state index >= 15 is 0 Å². The first-order chi connectivity index (χ1) is 12.6. The summed E-state index contributed by atoms with van der Waals surface area (Å²) >= 11 is 0. The molecule has 2 aromatic carbocycles. The third-order valence-electron chi connectivity index (χ3n) is 3.23. The smallest absolute Gasteiger partial charge is 0.211 e. The van der Waals surface area contributed by atoms with Crippen LogP contribution in [0.15, 0.2) is 88.0 Å². The van der Waals surface area contributed by atoms with Gasteiger partial charge in [0.05, 0.1) is 18.0 Å². The molecule has 0 aliphatic carbocycles. The van der Waals surface area contributed by atoms with Crippen LogP contribution in [-0.4, -0.2) is 29.8 Å². The maximum atomic E-state index is 7.39. The molecule has 7 N–H and O–H groups in total. The molecule has 0 unspecified atom stereocenters. The van der Waals surface area contributed by atoms with Gasteiger partial charge in [-0.1, -0.05) is 60.7 Å². The second kappa shape index (κ2) is 9.53.